The maximum absolute atomic E-state index is 5.53. The van der Waals surface area contributed by atoms with Crippen molar-refractivity contribution in [3.8, 4) is 0 Å². The quantitative estimate of drug-likeness (QED) is 0.698. The van der Waals surface area contributed by atoms with Gasteiger partial charge in [-0.05, 0) is 24.8 Å². The first-order valence-electron chi connectivity index (χ1n) is 5.33. The van der Waals surface area contributed by atoms with Crippen LogP contribution in [0.2, 0.25) is 0 Å². The van der Waals surface area contributed by atoms with Crippen molar-refractivity contribution in [1.29, 1.82) is 0 Å². The molecule has 0 amide bonds. The van der Waals surface area contributed by atoms with Crippen LogP contribution in [0.5, 0.6) is 0 Å². The van der Waals surface area contributed by atoms with Gasteiger partial charge in [-0.15, -0.1) is 0 Å². The average molecular weight is 188 g/mol. The molecule has 0 saturated heterocycles. The predicted molar refractivity (Wildman–Crippen MR) is 59.5 cm³/mol. The normalized spacial score (nSPS) is 11.4. The molecule has 14 heavy (non-hydrogen) atoms. The Bertz CT molecular complexity index is 410. The van der Waals surface area contributed by atoms with Gasteiger partial charge in [-0.2, -0.15) is 0 Å². The topological polar surface area (TPSA) is 13.1 Å². The van der Waals surface area contributed by atoms with E-state index in [4.69, 9.17) is 4.42 Å². The summed E-state index contributed by atoms with van der Waals surface area (Å²) in [5.41, 5.74) is 2.38. The lowest BCUT2D eigenvalue weighted by molar-refractivity contribution is 0.585. The molecule has 2 aromatic rings. The number of furan rings is 1. The minimum atomic E-state index is 0.638. The molecule has 1 nitrogen and oxygen atoms in total. The van der Waals surface area contributed by atoms with Gasteiger partial charge in [0.05, 0.1) is 6.26 Å². The summed E-state index contributed by atoms with van der Waals surface area (Å²) in [7, 11) is 0. The summed E-state index contributed by atoms with van der Waals surface area (Å²) in [6.45, 7) is 4.46. The Morgan fingerprint density at radius 2 is 1.86 bits per heavy atom. The Balaban J connectivity index is 2.51. The van der Waals surface area contributed by atoms with Crippen LogP contribution in [-0.4, -0.2) is 0 Å². The van der Waals surface area contributed by atoms with Crippen LogP contribution in [0.3, 0.4) is 0 Å². The lowest BCUT2D eigenvalue weighted by atomic mass is 9.94. The van der Waals surface area contributed by atoms with E-state index in [0.717, 1.165) is 5.58 Å². The molecule has 0 atom stereocenters. The molecule has 1 heteroatoms. The fourth-order valence-corrected chi connectivity index (χ4v) is 2.04. The average Bonchev–Trinajstić information content (AvgIpc) is 2.65. The molecule has 1 aromatic heterocycles. The van der Waals surface area contributed by atoms with E-state index in [-0.39, 0.29) is 0 Å². The van der Waals surface area contributed by atoms with Gasteiger partial charge < -0.3 is 4.42 Å². The van der Waals surface area contributed by atoms with Gasteiger partial charge in [0, 0.05) is 10.9 Å². The molecule has 1 aromatic carbocycles. The van der Waals surface area contributed by atoms with Crippen molar-refractivity contribution in [2.45, 2.75) is 32.6 Å². The van der Waals surface area contributed by atoms with Gasteiger partial charge in [0.1, 0.15) is 5.58 Å². The molecule has 74 valence electrons. The molecular weight excluding hydrogens is 172 g/mol. The summed E-state index contributed by atoms with van der Waals surface area (Å²) in [4.78, 5) is 0. The van der Waals surface area contributed by atoms with Gasteiger partial charge >= 0.3 is 0 Å². The first kappa shape index (κ1) is 9.32. The molecular formula is C13H16O. The van der Waals surface area contributed by atoms with Gasteiger partial charge in [-0.1, -0.05) is 32.0 Å². The van der Waals surface area contributed by atoms with Crippen LogP contribution >= 0.6 is 0 Å². The number of fused-ring (bicyclic) bond motifs is 1. The summed E-state index contributed by atoms with van der Waals surface area (Å²) >= 11 is 0. The van der Waals surface area contributed by atoms with Gasteiger partial charge in [-0.3, -0.25) is 0 Å². The van der Waals surface area contributed by atoms with E-state index >= 15 is 0 Å². The number of hydrogen-bond acceptors (Lipinski definition) is 1. The monoisotopic (exact) mass is 188 g/mol. The van der Waals surface area contributed by atoms with E-state index in [9.17, 15) is 0 Å². The SMILES string of the molecule is CCC(CC)c1coc2ccccc12. The van der Waals surface area contributed by atoms with E-state index in [1.54, 1.807) is 0 Å². The van der Waals surface area contributed by atoms with Gasteiger partial charge in [0.15, 0.2) is 0 Å². The van der Waals surface area contributed by atoms with Crippen molar-refractivity contribution >= 4 is 11.0 Å². The van der Waals surface area contributed by atoms with E-state index in [2.05, 4.69) is 26.0 Å². The molecule has 0 fully saturated rings. The second-order valence-corrected chi connectivity index (χ2v) is 3.70. The van der Waals surface area contributed by atoms with E-state index in [0.29, 0.717) is 5.92 Å². The van der Waals surface area contributed by atoms with Crippen LogP contribution in [0.4, 0.5) is 0 Å². The highest BCUT2D eigenvalue weighted by atomic mass is 16.3. The predicted octanol–water partition coefficient (Wildman–Crippen LogP) is 4.34. The van der Waals surface area contributed by atoms with E-state index < -0.39 is 0 Å². The number of benzene rings is 1. The summed E-state index contributed by atoms with van der Waals surface area (Å²) in [6, 6.07) is 8.26. The Hall–Kier alpha value is -1.24. The van der Waals surface area contributed by atoms with Crippen molar-refractivity contribution in [3.63, 3.8) is 0 Å². The number of hydrogen-bond donors (Lipinski definition) is 0. The van der Waals surface area contributed by atoms with Gasteiger partial charge in [-0.25, -0.2) is 0 Å². The minimum Gasteiger partial charge on any atom is -0.464 e. The lowest BCUT2D eigenvalue weighted by Gasteiger charge is -2.09. The Morgan fingerprint density at radius 1 is 1.14 bits per heavy atom. The number of rotatable bonds is 3. The van der Waals surface area contributed by atoms with Crippen LogP contribution in [0.1, 0.15) is 38.2 Å². The maximum Gasteiger partial charge on any atom is 0.134 e. The molecule has 0 bridgehead atoms. The molecule has 0 saturated carbocycles. The number of para-hydroxylation sites is 1. The zero-order valence-electron chi connectivity index (χ0n) is 8.79. The van der Waals surface area contributed by atoms with Crippen LogP contribution in [-0.2, 0) is 0 Å². The fraction of sp³-hybridized carbons (Fsp3) is 0.385. The second-order valence-electron chi connectivity index (χ2n) is 3.70. The van der Waals surface area contributed by atoms with Crippen LogP contribution < -0.4 is 0 Å². The molecule has 1 heterocycles. The molecule has 0 radical (unpaired) electrons. The summed E-state index contributed by atoms with van der Waals surface area (Å²) < 4.78 is 5.53. The Morgan fingerprint density at radius 3 is 2.57 bits per heavy atom. The minimum absolute atomic E-state index is 0.638. The third kappa shape index (κ3) is 1.43. The first-order chi connectivity index (χ1) is 6.86. The fourth-order valence-electron chi connectivity index (χ4n) is 2.04. The first-order valence-corrected chi connectivity index (χ1v) is 5.33. The molecule has 2 rings (SSSR count). The summed E-state index contributed by atoms with van der Waals surface area (Å²) in [6.07, 6.45) is 4.28. The van der Waals surface area contributed by atoms with E-state index in [1.165, 1.54) is 23.8 Å². The molecule has 0 N–H and O–H groups in total. The van der Waals surface area contributed by atoms with Gasteiger partial charge in [0.2, 0.25) is 0 Å². The summed E-state index contributed by atoms with van der Waals surface area (Å²) in [5.74, 6) is 0.638. The third-order valence-electron chi connectivity index (χ3n) is 2.94. The molecule has 0 unspecified atom stereocenters. The van der Waals surface area contributed by atoms with E-state index in [1.807, 2.05) is 18.4 Å². The zero-order chi connectivity index (χ0) is 9.97. The lowest BCUT2D eigenvalue weighted by Crippen LogP contribution is -1.93. The molecule has 0 aliphatic heterocycles. The second kappa shape index (κ2) is 3.87. The summed E-state index contributed by atoms with van der Waals surface area (Å²) in [5, 5.41) is 1.28. The van der Waals surface area contributed by atoms with Crippen LogP contribution in [0.25, 0.3) is 11.0 Å². The zero-order valence-corrected chi connectivity index (χ0v) is 8.79. The highest BCUT2D eigenvalue weighted by Gasteiger charge is 2.12. The van der Waals surface area contributed by atoms with Gasteiger partial charge in [0.25, 0.3) is 0 Å². The largest absolute Gasteiger partial charge is 0.464 e. The molecule has 0 aliphatic rings. The highest BCUT2D eigenvalue weighted by Crippen LogP contribution is 2.31. The van der Waals surface area contributed by atoms with Crippen molar-refractivity contribution in [1.82, 2.24) is 0 Å². The molecule has 0 spiro atoms. The maximum atomic E-state index is 5.53. The Kier molecular flexibility index (Phi) is 2.58. The molecule has 0 aliphatic carbocycles. The van der Waals surface area contributed by atoms with Crippen molar-refractivity contribution in [2.75, 3.05) is 0 Å². The van der Waals surface area contributed by atoms with Crippen molar-refractivity contribution in [3.05, 3.63) is 36.1 Å². The smallest absolute Gasteiger partial charge is 0.134 e. The van der Waals surface area contributed by atoms with Crippen LogP contribution in [0, 0.1) is 0 Å². The van der Waals surface area contributed by atoms with Crippen molar-refractivity contribution < 1.29 is 4.42 Å². The highest BCUT2D eigenvalue weighted by molar-refractivity contribution is 5.81. The van der Waals surface area contributed by atoms with Crippen LogP contribution in [0.15, 0.2) is 34.9 Å². The Labute approximate surface area is 84.7 Å². The van der Waals surface area contributed by atoms with Crippen molar-refractivity contribution in [2.24, 2.45) is 0 Å². The standard InChI is InChI=1S/C13H16O/c1-3-10(4-2)12-9-14-13-8-6-5-7-11(12)13/h5-10H,3-4H2,1-2H3. The third-order valence-corrected chi connectivity index (χ3v) is 2.94.